The average Bonchev–Trinajstić information content (AvgIpc) is 2.59. The monoisotopic (exact) mass is 191 g/mol. The molecule has 1 unspecified atom stereocenters. The molecule has 1 atom stereocenters. The maximum Gasteiger partial charge on any atom is 0.313 e. The number of rotatable bonds is 2. The summed E-state index contributed by atoms with van der Waals surface area (Å²) in [4.78, 5) is 14.6. The standard InChI is InChI=1S/C10H9NO3/c1-6(10(12)13)9-4-7-5-11-3-2-8(7)14-9/h2-6H,1H3,(H,12,13). The van der Waals surface area contributed by atoms with Gasteiger partial charge in [-0.15, -0.1) is 0 Å². The van der Waals surface area contributed by atoms with Crippen LogP contribution in [0.4, 0.5) is 0 Å². The Balaban J connectivity index is 2.50. The summed E-state index contributed by atoms with van der Waals surface area (Å²) in [5.41, 5.74) is 0.670. The minimum atomic E-state index is -0.892. The molecule has 72 valence electrons. The van der Waals surface area contributed by atoms with Crippen LogP contribution in [-0.2, 0) is 4.79 Å². The smallest absolute Gasteiger partial charge is 0.313 e. The Hall–Kier alpha value is -1.84. The van der Waals surface area contributed by atoms with Crippen LogP contribution in [0.15, 0.2) is 28.9 Å². The van der Waals surface area contributed by atoms with Crippen LogP contribution in [0, 0.1) is 0 Å². The summed E-state index contributed by atoms with van der Waals surface area (Å²) >= 11 is 0. The second kappa shape index (κ2) is 3.14. The third kappa shape index (κ3) is 1.35. The van der Waals surface area contributed by atoms with Gasteiger partial charge < -0.3 is 9.52 Å². The third-order valence-electron chi connectivity index (χ3n) is 2.13. The van der Waals surface area contributed by atoms with Crippen LogP contribution in [0.5, 0.6) is 0 Å². The maximum atomic E-state index is 10.7. The van der Waals surface area contributed by atoms with E-state index in [1.807, 2.05) is 0 Å². The Morgan fingerprint density at radius 3 is 3.07 bits per heavy atom. The van der Waals surface area contributed by atoms with Crippen LogP contribution in [0.1, 0.15) is 18.6 Å². The van der Waals surface area contributed by atoms with E-state index >= 15 is 0 Å². The van der Waals surface area contributed by atoms with Crippen molar-refractivity contribution in [3.05, 3.63) is 30.3 Å². The lowest BCUT2D eigenvalue weighted by Gasteiger charge is -1.99. The molecule has 0 spiro atoms. The predicted molar refractivity (Wildman–Crippen MR) is 50.1 cm³/mol. The molecule has 0 saturated carbocycles. The molecular weight excluding hydrogens is 182 g/mol. The van der Waals surface area contributed by atoms with Gasteiger partial charge in [-0.3, -0.25) is 9.78 Å². The predicted octanol–water partition coefficient (Wildman–Crippen LogP) is 2.02. The number of furan rings is 1. The van der Waals surface area contributed by atoms with Gasteiger partial charge in [0.2, 0.25) is 0 Å². The van der Waals surface area contributed by atoms with Gasteiger partial charge in [-0.25, -0.2) is 0 Å². The van der Waals surface area contributed by atoms with E-state index in [2.05, 4.69) is 4.98 Å². The fraction of sp³-hybridized carbons (Fsp3) is 0.200. The first kappa shape index (κ1) is 8.74. The zero-order valence-corrected chi connectivity index (χ0v) is 7.60. The maximum absolute atomic E-state index is 10.7. The summed E-state index contributed by atoms with van der Waals surface area (Å²) in [5, 5.41) is 9.61. The number of nitrogens with zero attached hydrogens (tertiary/aromatic N) is 1. The topological polar surface area (TPSA) is 63.3 Å². The molecule has 0 fully saturated rings. The number of hydrogen-bond donors (Lipinski definition) is 1. The minimum absolute atomic E-state index is 0.459. The summed E-state index contributed by atoms with van der Waals surface area (Å²) in [6.45, 7) is 1.59. The van der Waals surface area contributed by atoms with Gasteiger partial charge in [0, 0.05) is 17.8 Å². The van der Waals surface area contributed by atoms with Crippen molar-refractivity contribution < 1.29 is 14.3 Å². The van der Waals surface area contributed by atoms with Gasteiger partial charge in [0.15, 0.2) is 0 Å². The molecule has 0 saturated heterocycles. The Kier molecular flexibility index (Phi) is 1.96. The van der Waals surface area contributed by atoms with Gasteiger partial charge in [0.25, 0.3) is 0 Å². The molecule has 4 nitrogen and oxygen atoms in total. The van der Waals surface area contributed by atoms with Crippen molar-refractivity contribution in [3.63, 3.8) is 0 Å². The highest BCUT2D eigenvalue weighted by Gasteiger charge is 2.17. The van der Waals surface area contributed by atoms with Gasteiger partial charge in [0.1, 0.15) is 17.3 Å². The molecule has 14 heavy (non-hydrogen) atoms. The molecule has 0 radical (unpaired) electrons. The highest BCUT2D eigenvalue weighted by atomic mass is 16.4. The molecule has 0 aliphatic rings. The van der Waals surface area contributed by atoms with Gasteiger partial charge in [-0.05, 0) is 19.1 Å². The summed E-state index contributed by atoms with van der Waals surface area (Å²) in [5.74, 6) is -1.06. The SMILES string of the molecule is CC(C(=O)O)c1cc2cnccc2o1. The van der Waals surface area contributed by atoms with Crippen molar-refractivity contribution in [1.29, 1.82) is 0 Å². The molecule has 4 heteroatoms. The van der Waals surface area contributed by atoms with E-state index in [1.54, 1.807) is 31.5 Å². The zero-order valence-electron chi connectivity index (χ0n) is 7.60. The van der Waals surface area contributed by atoms with Crippen molar-refractivity contribution in [2.24, 2.45) is 0 Å². The summed E-state index contributed by atoms with van der Waals surface area (Å²) in [7, 11) is 0. The third-order valence-corrected chi connectivity index (χ3v) is 2.13. The molecule has 0 aliphatic heterocycles. The fourth-order valence-electron chi connectivity index (χ4n) is 1.24. The van der Waals surface area contributed by atoms with E-state index in [-0.39, 0.29) is 0 Å². The van der Waals surface area contributed by atoms with E-state index in [1.165, 1.54) is 0 Å². The highest BCUT2D eigenvalue weighted by Crippen LogP contribution is 2.24. The lowest BCUT2D eigenvalue weighted by Crippen LogP contribution is -2.05. The molecule has 2 aromatic heterocycles. The zero-order chi connectivity index (χ0) is 10.1. The Morgan fingerprint density at radius 2 is 2.43 bits per heavy atom. The van der Waals surface area contributed by atoms with E-state index < -0.39 is 11.9 Å². The Morgan fingerprint density at radius 1 is 1.64 bits per heavy atom. The van der Waals surface area contributed by atoms with Crippen LogP contribution in [0.3, 0.4) is 0 Å². The first-order valence-corrected chi connectivity index (χ1v) is 4.25. The normalized spacial score (nSPS) is 12.9. The van der Waals surface area contributed by atoms with Gasteiger partial charge in [0.05, 0.1) is 0 Å². The molecule has 2 rings (SSSR count). The fourth-order valence-corrected chi connectivity index (χ4v) is 1.24. The van der Waals surface area contributed by atoms with Gasteiger partial charge >= 0.3 is 5.97 Å². The first-order valence-electron chi connectivity index (χ1n) is 4.25. The van der Waals surface area contributed by atoms with Gasteiger partial charge in [-0.1, -0.05) is 0 Å². The number of pyridine rings is 1. The van der Waals surface area contributed by atoms with Crippen molar-refractivity contribution in [2.75, 3.05) is 0 Å². The second-order valence-electron chi connectivity index (χ2n) is 3.12. The van der Waals surface area contributed by atoms with Crippen LogP contribution >= 0.6 is 0 Å². The number of carboxylic acid groups (broad SMARTS) is 1. The summed E-state index contributed by atoms with van der Waals surface area (Å²) in [6, 6.07) is 3.43. The summed E-state index contributed by atoms with van der Waals surface area (Å²) < 4.78 is 5.37. The average molecular weight is 191 g/mol. The summed E-state index contributed by atoms with van der Waals surface area (Å²) in [6.07, 6.45) is 3.26. The molecule has 0 aromatic carbocycles. The van der Waals surface area contributed by atoms with E-state index in [0.717, 1.165) is 5.39 Å². The molecule has 2 heterocycles. The molecule has 1 N–H and O–H groups in total. The van der Waals surface area contributed by atoms with Gasteiger partial charge in [-0.2, -0.15) is 0 Å². The first-order chi connectivity index (χ1) is 6.68. The Bertz CT molecular complexity index is 442. The van der Waals surface area contributed by atoms with Crippen molar-refractivity contribution in [1.82, 2.24) is 4.98 Å². The number of carboxylic acids is 1. The minimum Gasteiger partial charge on any atom is -0.481 e. The number of hydrogen-bond acceptors (Lipinski definition) is 3. The molecule has 0 amide bonds. The van der Waals surface area contributed by atoms with Crippen LogP contribution in [0.2, 0.25) is 0 Å². The van der Waals surface area contributed by atoms with E-state index in [0.29, 0.717) is 11.3 Å². The highest BCUT2D eigenvalue weighted by molar-refractivity contribution is 5.80. The number of aromatic nitrogens is 1. The Labute approximate surface area is 80.2 Å². The largest absolute Gasteiger partial charge is 0.481 e. The van der Waals surface area contributed by atoms with E-state index in [4.69, 9.17) is 9.52 Å². The van der Waals surface area contributed by atoms with Crippen LogP contribution in [-0.4, -0.2) is 16.1 Å². The lowest BCUT2D eigenvalue weighted by molar-refractivity contribution is -0.138. The van der Waals surface area contributed by atoms with Crippen molar-refractivity contribution in [2.45, 2.75) is 12.8 Å². The molecule has 0 bridgehead atoms. The van der Waals surface area contributed by atoms with Crippen molar-refractivity contribution in [3.8, 4) is 0 Å². The number of carbonyl (C=O) groups is 1. The molecular formula is C10H9NO3. The van der Waals surface area contributed by atoms with Crippen LogP contribution in [0.25, 0.3) is 11.0 Å². The quantitative estimate of drug-likeness (QED) is 0.788. The molecule has 2 aromatic rings. The second-order valence-corrected chi connectivity index (χ2v) is 3.12. The number of fused-ring (bicyclic) bond motifs is 1. The molecule has 0 aliphatic carbocycles. The van der Waals surface area contributed by atoms with Crippen LogP contribution < -0.4 is 0 Å². The van der Waals surface area contributed by atoms with Crippen molar-refractivity contribution >= 4 is 16.9 Å². The van der Waals surface area contributed by atoms with E-state index in [9.17, 15) is 4.79 Å². The number of aliphatic carboxylic acids is 1. The lowest BCUT2D eigenvalue weighted by atomic mass is 10.1.